The lowest BCUT2D eigenvalue weighted by Gasteiger charge is -2.26. The number of nitrogens with two attached hydrogens (primary N) is 1. The second-order valence-corrected chi connectivity index (χ2v) is 6.00. The molecule has 6 heteroatoms. The highest BCUT2D eigenvalue weighted by molar-refractivity contribution is 5.89. The van der Waals surface area contributed by atoms with E-state index < -0.39 is 11.5 Å². The van der Waals surface area contributed by atoms with Crippen LogP contribution < -0.4 is 5.73 Å². The van der Waals surface area contributed by atoms with Gasteiger partial charge in [-0.2, -0.15) is 5.10 Å². The maximum absolute atomic E-state index is 12.2. The third-order valence-electron chi connectivity index (χ3n) is 4.44. The van der Waals surface area contributed by atoms with Gasteiger partial charge in [0.2, 0.25) is 0 Å². The number of carbonyl (C=O) groups excluding carboxylic acids is 1. The fourth-order valence-electron chi connectivity index (χ4n) is 3.04. The van der Waals surface area contributed by atoms with Crippen molar-refractivity contribution < 1.29 is 9.90 Å². The number of pyridine rings is 1. The van der Waals surface area contributed by atoms with E-state index in [1.807, 2.05) is 30.5 Å². The number of benzene rings is 2. The number of aromatic nitrogens is 3. The van der Waals surface area contributed by atoms with Crippen LogP contribution in [0.4, 0.5) is 0 Å². The molecule has 128 valence electrons. The molecule has 4 rings (SSSR count). The van der Waals surface area contributed by atoms with Crippen LogP contribution in [-0.4, -0.2) is 25.6 Å². The van der Waals surface area contributed by atoms with Crippen molar-refractivity contribution in [1.29, 1.82) is 0 Å². The number of nitrogens with zero attached hydrogens (tertiary/aromatic N) is 3. The van der Waals surface area contributed by atoms with Gasteiger partial charge >= 0.3 is 0 Å². The topological polar surface area (TPSA) is 93.5 Å². The zero-order chi connectivity index (χ0) is 18.1. The normalized spacial score (nSPS) is 13.4. The molecule has 6 nitrogen and oxygen atoms in total. The highest BCUT2D eigenvalue weighted by Gasteiger charge is 2.38. The number of amides is 1. The first-order valence-electron chi connectivity index (χ1n) is 8.07. The lowest BCUT2D eigenvalue weighted by atomic mass is 9.84. The van der Waals surface area contributed by atoms with E-state index in [0.29, 0.717) is 11.1 Å². The van der Waals surface area contributed by atoms with E-state index in [2.05, 4.69) is 10.1 Å². The Hall–Kier alpha value is -3.51. The maximum atomic E-state index is 12.2. The molecule has 0 saturated heterocycles. The number of rotatable bonds is 4. The number of hydrogen-bond acceptors (Lipinski definition) is 4. The SMILES string of the molecule is NC(=O)C(O)(c1ccccc1)c1cccc(-c2ccc3ncnn3c2)c1. The van der Waals surface area contributed by atoms with Gasteiger partial charge in [0.05, 0.1) is 0 Å². The maximum Gasteiger partial charge on any atom is 0.258 e. The first-order valence-corrected chi connectivity index (χ1v) is 8.07. The summed E-state index contributed by atoms with van der Waals surface area (Å²) in [7, 11) is 0. The van der Waals surface area contributed by atoms with Crippen molar-refractivity contribution in [2.45, 2.75) is 5.60 Å². The summed E-state index contributed by atoms with van der Waals surface area (Å²) in [6.45, 7) is 0. The molecule has 0 aliphatic heterocycles. The monoisotopic (exact) mass is 344 g/mol. The largest absolute Gasteiger partial charge is 0.372 e. The van der Waals surface area contributed by atoms with E-state index in [1.165, 1.54) is 6.33 Å². The third-order valence-corrected chi connectivity index (χ3v) is 4.44. The number of carbonyl (C=O) groups is 1. The zero-order valence-corrected chi connectivity index (χ0v) is 13.8. The van der Waals surface area contributed by atoms with Crippen molar-refractivity contribution in [2.75, 3.05) is 0 Å². The lowest BCUT2D eigenvalue weighted by Crippen LogP contribution is -2.42. The van der Waals surface area contributed by atoms with E-state index in [4.69, 9.17) is 5.73 Å². The third kappa shape index (κ3) is 2.53. The second kappa shape index (κ2) is 6.09. The molecule has 26 heavy (non-hydrogen) atoms. The Morgan fingerprint density at radius 2 is 1.73 bits per heavy atom. The standard InChI is InChI=1S/C20H16N4O2/c21-19(25)20(26,16-6-2-1-3-7-16)17-8-4-5-14(11-17)15-9-10-18-22-13-23-24(18)12-15/h1-13,26H,(H2,21,25). The minimum absolute atomic E-state index is 0.410. The van der Waals surface area contributed by atoms with Crippen LogP contribution in [-0.2, 0) is 10.4 Å². The number of aliphatic hydroxyl groups is 1. The van der Waals surface area contributed by atoms with Crippen molar-refractivity contribution in [3.8, 4) is 11.1 Å². The van der Waals surface area contributed by atoms with E-state index in [1.54, 1.807) is 47.0 Å². The van der Waals surface area contributed by atoms with Crippen LogP contribution in [0.1, 0.15) is 11.1 Å². The van der Waals surface area contributed by atoms with Gasteiger partial charge in [-0.25, -0.2) is 9.50 Å². The molecule has 2 aromatic heterocycles. The van der Waals surface area contributed by atoms with Crippen molar-refractivity contribution in [1.82, 2.24) is 14.6 Å². The summed E-state index contributed by atoms with van der Waals surface area (Å²) in [6, 6.07) is 19.6. The number of primary amides is 1. The molecular weight excluding hydrogens is 328 g/mol. The molecule has 1 amide bonds. The Bertz CT molecular complexity index is 1090. The smallest absolute Gasteiger partial charge is 0.258 e. The van der Waals surface area contributed by atoms with Gasteiger partial charge in [-0.05, 0) is 34.9 Å². The van der Waals surface area contributed by atoms with Crippen molar-refractivity contribution in [3.05, 3.63) is 90.4 Å². The average molecular weight is 344 g/mol. The minimum Gasteiger partial charge on any atom is -0.372 e. The van der Waals surface area contributed by atoms with E-state index in [9.17, 15) is 9.90 Å². The van der Waals surface area contributed by atoms with Crippen LogP contribution in [0.15, 0.2) is 79.3 Å². The van der Waals surface area contributed by atoms with Crippen molar-refractivity contribution in [3.63, 3.8) is 0 Å². The molecule has 0 saturated carbocycles. The summed E-state index contributed by atoms with van der Waals surface area (Å²) < 4.78 is 1.67. The molecule has 2 heterocycles. The molecule has 0 fully saturated rings. The molecular formula is C20H16N4O2. The van der Waals surface area contributed by atoms with Gasteiger partial charge < -0.3 is 10.8 Å². The van der Waals surface area contributed by atoms with Gasteiger partial charge in [0, 0.05) is 11.8 Å². The molecule has 0 spiro atoms. The summed E-state index contributed by atoms with van der Waals surface area (Å²) >= 11 is 0. The van der Waals surface area contributed by atoms with Gasteiger partial charge in [0.1, 0.15) is 6.33 Å². The predicted molar refractivity (Wildman–Crippen MR) is 97.1 cm³/mol. The van der Waals surface area contributed by atoms with E-state index >= 15 is 0 Å². The van der Waals surface area contributed by atoms with Crippen LogP contribution >= 0.6 is 0 Å². The van der Waals surface area contributed by atoms with Crippen molar-refractivity contribution >= 4 is 11.6 Å². The van der Waals surface area contributed by atoms with Gasteiger partial charge in [-0.1, -0.05) is 48.5 Å². The molecule has 0 bridgehead atoms. The van der Waals surface area contributed by atoms with Crippen LogP contribution in [0.5, 0.6) is 0 Å². The summed E-state index contributed by atoms with van der Waals surface area (Å²) in [5, 5.41) is 15.3. The van der Waals surface area contributed by atoms with Crippen LogP contribution in [0.2, 0.25) is 0 Å². The Labute approximate surface area is 149 Å². The molecule has 4 aromatic rings. The van der Waals surface area contributed by atoms with Crippen LogP contribution in [0.25, 0.3) is 16.8 Å². The van der Waals surface area contributed by atoms with E-state index in [-0.39, 0.29) is 0 Å². The molecule has 0 aliphatic carbocycles. The van der Waals surface area contributed by atoms with Gasteiger partial charge in [0.25, 0.3) is 5.91 Å². The van der Waals surface area contributed by atoms with Gasteiger partial charge in [0.15, 0.2) is 11.2 Å². The number of fused-ring (bicyclic) bond motifs is 1. The Morgan fingerprint density at radius 3 is 2.50 bits per heavy atom. The molecule has 2 aromatic carbocycles. The molecule has 1 atom stereocenters. The first kappa shape index (κ1) is 16.0. The van der Waals surface area contributed by atoms with Crippen molar-refractivity contribution in [2.24, 2.45) is 5.73 Å². The summed E-state index contributed by atoms with van der Waals surface area (Å²) in [5.74, 6) is -0.826. The highest BCUT2D eigenvalue weighted by atomic mass is 16.3. The molecule has 0 aliphatic rings. The fourth-order valence-corrected chi connectivity index (χ4v) is 3.04. The highest BCUT2D eigenvalue weighted by Crippen LogP contribution is 2.32. The second-order valence-electron chi connectivity index (χ2n) is 6.00. The fraction of sp³-hybridized carbons (Fsp3) is 0.0500. The Kier molecular flexibility index (Phi) is 3.74. The average Bonchev–Trinajstić information content (AvgIpc) is 3.15. The summed E-state index contributed by atoms with van der Waals surface area (Å²) in [5.41, 5.74) is 6.95. The Balaban J connectivity index is 1.84. The molecule has 3 N–H and O–H groups in total. The first-order chi connectivity index (χ1) is 12.6. The van der Waals surface area contributed by atoms with Gasteiger partial charge in [-0.15, -0.1) is 0 Å². The predicted octanol–water partition coefficient (Wildman–Crippen LogP) is 2.12. The van der Waals surface area contributed by atoms with Crippen LogP contribution in [0, 0.1) is 0 Å². The summed E-state index contributed by atoms with van der Waals surface area (Å²) in [6.07, 6.45) is 3.32. The minimum atomic E-state index is -1.91. The summed E-state index contributed by atoms with van der Waals surface area (Å²) in [4.78, 5) is 16.3. The molecule has 0 radical (unpaired) electrons. The quantitative estimate of drug-likeness (QED) is 0.593. The lowest BCUT2D eigenvalue weighted by molar-refractivity contribution is -0.133. The Morgan fingerprint density at radius 1 is 0.962 bits per heavy atom. The molecule has 1 unspecified atom stereocenters. The van der Waals surface area contributed by atoms with E-state index in [0.717, 1.165) is 16.8 Å². The van der Waals surface area contributed by atoms with Gasteiger partial charge in [-0.3, -0.25) is 4.79 Å². The number of hydrogen-bond donors (Lipinski definition) is 2. The van der Waals surface area contributed by atoms with Crippen LogP contribution in [0.3, 0.4) is 0 Å². The zero-order valence-electron chi connectivity index (χ0n) is 13.8.